The molecule has 2 N–H and O–H groups in total. The molecule has 1 heterocycles. The van der Waals surface area contributed by atoms with Gasteiger partial charge in [-0.2, -0.15) is 0 Å². The van der Waals surface area contributed by atoms with E-state index in [1.54, 1.807) is 0 Å². The van der Waals surface area contributed by atoms with Gasteiger partial charge in [-0.1, -0.05) is 12.1 Å². The second-order valence-corrected chi connectivity index (χ2v) is 5.64. The molecule has 0 bridgehead atoms. The normalized spacial score (nSPS) is 14.1. The summed E-state index contributed by atoms with van der Waals surface area (Å²) in [5, 5.41) is 0. The number of urea groups is 1. The third-order valence-electron chi connectivity index (χ3n) is 4.31. The van der Waals surface area contributed by atoms with Gasteiger partial charge in [-0.05, 0) is 31.5 Å². The lowest BCUT2D eigenvalue weighted by molar-refractivity contribution is 0.0641. The Kier molecular flexibility index (Phi) is 8.01. The van der Waals surface area contributed by atoms with Gasteiger partial charge in [0.2, 0.25) is 0 Å². The number of hydrogen-bond acceptors (Lipinski definition) is 3. The second kappa shape index (κ2) is 9.49. The quantitative estimate of drug-likeness (QED) is 0.896. The predicted molar refractivity (Wildman–Crippen MR) is 97.4 cm³/mol. The summed E-state index contributed by atoms with van der Waals surface area (Å²) in [6.07, 6.45) is 0. The molecule has 1 saturated heterocycles. The van der Waals surface area contributed by atoms with E-state index >= 15 is 0 Å². The number of amides is 3. The smallest absolute Gasteiger partial charge is 0.320 e. The molecule has 134 valence electrons. The van der Waals surface area contributed by atoms with Crippen LogP contribution >= 0.6 is 12.4 Å². The summed E-state index contributed by atoms with van der Waals surface area (Å²) in [7, 11) is 0. The van der Waals surface area contributed by atoms with E-state index in [9.17, 15) is 9.59 Å². The maximum absolute atomic E-state index is 12.5. The van der Waals surface area contributed by atoms with Crippen LogP contribution in [0.15, 0.2) is 24.3 Å². The molecule has 6 nitrogen and oxygen atoms in total. The van der Waals surface area contributed by atoms with Gasteiger partial charge in [0.05, 0.1) is 0 Å². The number of halogens is 1. The minimum absolute atomic E-state index is 0. The molecular weight excluding hydrogens is 328 g/mol. The number of rotatable bonds is 4. The SMILES string of the molecule is CCN(CC)C(=O)N1CCN(C(=O)c2ccc(CN)cc2)CC1.Cl. The fourth-order valence-corrected chi connectivity index (χ4v) is 2.76. The minimum Gasteiger partial charge on any atom is -0.335 e. The van der Waals surface area contributed by atoms with E-state index in [-0.39, 0.29) is 24.3 Å². The highest BCUT2D eigenvalue weighted by atomic mass is 35.5. The number of carbonyl (C=O) groups excluding carboxylic acids is 2. The van der Waals surface area contributed by atoms with Gasteiger partial charge in [0, 0.05) is 51.4 Å². The fourth-order valence-electron chi connectivity index (χ4n) is 2.76. The van der Waals surface area contributed by atoms with Crippen molar-refractivity contribution in [3.8, 4) is 0 Å². The summed E-state index contributed by atoms with van der Waals surface area (Å²) < 4.78 is 0. The molecule has 3 amide bonds. The molecule has 0 aromatic heterocycles. The molecule has 0 radical (unpaired) electrons. The third-order valence-corrected chi connectivity index (χ3v) is 4.31. The fraction of sp³-hybridized carbons (Fsp3) is 0.529. The van der Waals surface area contributed by atoms with E-state index < -0.39 is 0 Å². The van der Waals surface area contributed by atoms with Crippen LogP contribution < -0.4 is 5.73 Å². The van der Waals surface area contributed by atoms with Crippen molar-refractivity contribution in [2.24, 2.45) is 5.73 Å². The molecule has 0 unspecified atom stereocenters. The Bertz CT molecular complexity index is 538. The molecule has 1 aromatic carbocycles. The maximum atomic E-state index is 12.5. The summed E-state index contributed by atoms with van der Waals surface area (Å²) >= 11 is 0. The van der Waals surface area contributed by atoms with E-state index in [0.29, 0.717) is 51.4 Å². The molecular formula is C17H27ClN4O2. The molecule has 1 aliphatic heterocycles. The number of nitrogens with zero attached hydrogens (tertiary/aromatic N) is 3. The Morgan fingerprint density at radius 1 is 1.00 bits per heavy atom. The van der Waals surface area contributed by atoms with Gasteiger partial charge >= 0.3 is 6.03 Å². The van der Waals surface area contributed by atoms with E-state index in [2.05, 4.69) is 0 Å². The molecule has 7 heteroatoms. The maximum Gasteiger partial charge on any atom is 0.320 e. The lowest BCUT2D eigenvalue weighted by Crippen LogP contribution is -2.54. The zero-order valence-corrected chi connectivity index (χ0v) is 15.2. The predicted octanol–water partition coefficient (Wildman–Crippen LogP) is 1.79. The lowest BCUT2D eigenvalue weighted by Gasteiger charge is -2.37. The van der Waals surface area contributed by atoms with E-state index in [0.717, 1.165) is 5.56 Å². The molecule has 1 fully saturated rings. The zero-order chi connectivity index (χ0) is 16.8. The number of benzene rings is 1. The van der Waals surface area contributed by atoms with Gasteiger partial charge in [-0.3, -0.25) is 4.79 Å². The number of nitrogens with two attached hydrogens (primary N) is 1. The minimum atomic E-state index is 0. The van der Waals surface area contributed by atoms with Crippen LogP contribution in [-0.4, -0.2) is 65.9 Å². The third kappa shape index (κ3) is 4.61. The van der Waals surface area contributed by atoms with Crippen LogP contribution in [0.2, 0.25) is 0 Å². The van der Waals surface area contributed by atoms with Crippen LogP contribution in [0.5, 0.6) is 0 Å². The summed E-state index contributed by atoms with van der Waals surface area (Å²) in [5.74, 6) is 0.0171. The number of piperazine rings is 1. The van der Waals surface area contributed by atoms with Crippen LogP contribution in [0.3, 0.4) is 0 Å². The summed E-state index contributed by atoms with van der Waals surface area (Å²) in [6.45, 7) is 8.17. The first-order valence-electron chi connectivity index (χ1n) is 8.22. The Hall–Kier alpha value is -1.79. The van der Waals surface area contributed by atoms with Gasteiger partial charge in [-0.15, -0.1) is 12.4 Å². The van der Waals surface area contributed by atoms with Gasteiger partial charge < -0.3 is 20.4 Å². The van der Waals surface area contributed by atoms with Gasteiger partial charge in [0.15, 0.2) is 0 Å². The van der Waals surface area contributed by atoms with Crippen molar-refractivity contribution >= 4 is 24.3 Å². The molecule has 0 saturated carbocycles. The Morgan fingerprint density at radius 3 is 1.96 bits per heavy atom. The molecule has 1 aromatic rings. The van der Waals surface area contributed by atoms with Crippen molar-refractivity contribution in [2.75, 3.05) is 39.3 Å². The van der Waals surface area contributed by atoms with E-state index in [1.807, 2.05) is 52.8 Å². The van der Waals surface area contributed by atoms with Crippen LogP contribution in [0, 0.1) is 0 Å². The van der Waals surface area contributed by atoms with Crippen LogP contribution in [0.1, 0.15) is 29.8 Å². The molecule has 2 rings (SSSR count). The first-order valence-corrected chi connectivity index (χ1v) is 8.22. The molecule has 1 aliphatic rings. The number of hydrogen-bond donors (Lipinski definition) is 1. The van der Waals surface area contributed by atoms with Crippen molar-refractivity contribution in [2.45, 2.75) is 20.4 Å². The molecule has 0 spiro atoms. The van der Waals surface area contributed by atoms with Crippen molar-refractivity contribution in [3.63, 3.8) is 0 Å². The van der Waals surface area contributed by atoms with Crippen molar-refractivity contribution in [1.29, 1.82) is 0 Å². The molecule has 24 heavy (non-hydrogen) atoms. The van der Waals surface area contributed by atoms with Gasteiger partial charge in [-0.25, -0.2) is 4.79 Å². The largest absolute Gasteiger partial charge is 0.335 e. The molecule has 0 atom stereocenters. The lowest BCUT2D eigenvalue weighted by atomic mass is 10.1. The van der Waals surface area contributed by atoms with E-state index in [1.165, 1.54) is 0 Å². The Labute approximate surface area is 150 Å². The highest BCUT2D eigenvalue weighted by Crippen LogP contribution is 2.11. The zero-order valence-electron chi connectivity index (χ0n) is 14.4. The Morgan fingerprint density at radius 2 is 1.50 bits per heavy atom. The topological polar surface area (TPSA) is 69.9 Å². The summed E-state index contributed by atoms with van der Waals surface area (Å²) in [4.78, 5) is 30.3. The monoisotopic (exact) mass is 354 g/mol. The standard InChI is InChI=1S/C17H26N4O2.ClH/c1-3-19(4-2)17(23)21-11-9-20(10-12-21)16(22)15-7-5-14(13-18)6-8-15;/h5-8H,3-4,9-13,18H2,1-2H3;1H. The highest BCUT2D eigenvalue weighted by Gasteiger charge is 2.26. The van der Waals surface area contributed by atoms with Crippen LogP contribution in [-0.2, 0) is 6.54 Å². The average Bonchev–Trinajstić information content (AvgIpc) is 2.62. The van der Waals surface area contributed by atoms with Gasteiger partial charge in [0.1, 0.15) is 0 Å². The van der Waals surface area contributed by atoms with Crippen molar-refractivity contribution < 1.29 is 9.59 Å². The van der Waals surface area contributed by atoms with Crippen LogP contribution in [0.4, 0.5) is 4.79 Å². The number of carbonyl (C=O) groups is 2. The summed E-state index contributed by atoms with van der Waals surface area (Å²) in [5.41, 5.74) is 7.26. The Balaban J connectivity index is 0.00000288. The van der Waals surface area contributed by atoms with Crippen LogP contribution in [0.25, 0.3) is 0 Å². The summed E-state index contributed by atoms with van der Waals surface area (Å²) in [6, 6.07) is 7.46. The van der Waals surface area contributed by atoms with E-state index in [4.69, 9.17) is 5.73 Å². The highest BCUT2D eigenvalue weighted by molar-refractivity contribution is 5.94. The molecule has 0 aliphatic carbocycles. The first-order chi connectivity index (χ1) is 11.1. The van der Waals surface area contributed by atoms with Gasteiger partial charge in [0.25, 0.3) is 5.91 Å². The average molecular weight is 355 g/mol. The second-order valence-electron chi connectivity index (χ2n) is 5.64. The van der Waals surface area contributed by atoms with Crippen molar-refractivity contribution in [1.82, 2.24) is 14.7 Å². The van der Waals surface area contributed by atoms with Crippen molar-refractivity contribution in [3.05, 3.63) is 35.4 Å². The first kappa shape index (κ1) is 20.3.